The number of rotatable bonds is 12. The van der Waals surface area contributed by atoms with E-state index in [1.807, 2.05) is 12.1 Å². The largest absolute Gasteiger partial charge is 0.457 e. The zero-order chi connectivity index (χ0) is 48.6. The molecule has 0 bridgehead atoms. The summed E-state index contributed by atoms with van der Waals surface area (Å²) >= 11 is 0. The van der Waals surface area contributed by atoms with Gasteiger partial charge in [-0.2, -0.15) is 0 Å². The molecule has 0 aromatic heterocycles. The molecular formula is C58H50O10S2. The van der Waals surface area contributed by atoms with Gasteiger partial charge in [0, 0.05) is 17.2 Å². The molecule has 0 heterocycles. The van der Waals surface area contributed by atoms with Gasteiger partial charge in [-0.3, -0.25) is 0 Å². The Kier molecular flexibility index (Phi) is 14.1. The van der Waals surface area contributed by atoms with Crippen molar-refractivity contribution in [2.45, 2.75) is 95.0 Å². The number of benzene rings is 7. The summed E-state index contributed by atoms with van der Waals surface area (Å²) in [5.41, 5.74) is -0.702. The fourth-order valence-corrected chi connectivity index (χ4v) is 11.2. The Bertz CT molecular complexity index is 3130. The van der Waals surface area contributed by atoms with E-state index in [1.54, 1.807) is 121 Å². The second kappa shape index (κ2) is 20.7. The highest BCUT2D eigenvalue weighted by atomic mass is 32.2. The zero-order valence-electron chi connectivity index (χ0n) is 38.2. The van der Waals surface area contributed by atoms with E-state index in [0.29, 0.717) is 71.3 Å². The van der Waals surface area contributed by atoms with Crippen LogP contribution < -0.4 is 18.9 Å². The quantitative estimate of drug-likeness (QED) is 0.113. The van der Waals surface area contributed by atoms with E-state index in [4.69, 9.17) is 18.9 Å². The SMILES string of the molecule is O=S(=O)(c1ccc(Oc2cccc(Oc3ccc(S(=O)(=O)c4ccccc4Oc4cccc(C#CC5(O)CCCCC5)c4)cc3)c2)cc1)c1ccccc1Oc1cccc(C#CC2(O)CCCCC2)c1. The molecule has 7 aromatic carbocycles. The number of hydrogen-bond donors (Lipinski definition) is 2. The highest BCUT2D eigenvalue weighted by Gasteiger charge is 2.28. The van der Waals surface area contributed by atoms with Crippen LogP contribution in [-0.4, -0.2) is 38.3 Å². The topological polar surface area (TPSA) is 146 Å². The van der Waals surface area contributed by atoms with E-state index in [9.17, 15) is 27.0 Å². The monoisotopic (exact) mass is 970 g/mol. The van der Waals surface area contributed by atoms with E-state index in [2.05, 4.69) is 23.7 Å². The molecule has 354 valence electrons. The van der Waals surface area contributed by atoms with E-state index in [-0.39, 0.29) is 31.1 Å². The van der Waals surface area contributed by atoms with Crippen LogP contribution in [0.5, 0.6) is 46.0 Å². The lowest BCUT2D eigenvalue weighted by Gasteiger charge is -2.26. The summed E-state index contributed by atoms with van der Waals surface area (Å²) in [6, 6.07) is 45.9. The lowest BCUT2D eigenvalue weighted by molar-refractivity contribution is 0.0606. The molecule has 2 aliphatic carbocycles. The Hall–Kier alpha value is -7.32. The van der Waals surface area contributed by atoms with Gasteiger partial charge in [-0.1, -0.05) is 79.0 Å². The van der Waals surface area contributed by atoms with Crippen molar-refractivity contribution in [3.63, 3.8) is 0 Å². The number of para-hydroxylation sites is 2. The molecule has 0 unspecified atom stereocenters. The third kappa shape index (κ3) is 11.6. The molecule has 0 saturated heterocycles. The van der Waals surface area contributed by atoms with Crippen LogP contribution in [0.3, 0.4) is 0 Å². The minimum atomic E-state index is -4.03. The first-order valence-electron chi connectivity index (χ1n) is 23.2. The molecule has 0 amide bonds. The Morgan fingerprint density at radius 3 is 1.13 bits per heavy atom. The fraction of sp³-hybridized carbons (Fsp3) is 0.207. The van der Waals surface area contributed by atoms with Crippen LogP contribution in [0.25, 0.3) is 0 Å². The van der Waals surface area contributed by atoms with Gasteiger partial charge in [0.2, 0.25) is 19.7 Å². The number of sulfone groups is 2. The van der Waals surface area contributed by atoms with Crippen molar-refractivity contribution in [1.29, 1.82) is 0 Å². The summed E-state index contributed by atoms with van der Waals surface area (Å²) in [6.07, 6.45) is 8.52. The first kappa shape index (κ1) is 47.7. The van der Waals surface area contributed by atoms with Crippen LogP contribution in [-0.2, 0) is 19.7 Å². The standard InChI is InChI=1S/C58H50O10S2/c59-57(34-7-1-8-35-57)38-32-43-14-11-16-47(40-43)67-53-20-3-5-22-55(53)69(61,62)51-28-24-45(25-29-51)65-49-18-13-19-50(42-49)66-46-26-30-52(31-27-46)70(63,64)56-23-6-4-21-54(56)68-48-17-12-15-44(41-48)33-39-58(60)36-9-2-10-37-58/h3-6,11-31,40-42,59-60H,1-2,7-10,34-37H2. The predicted octanol–water partition coefficient (Wildman–Crippen LogP) is 12.6. The molecule has 9 rings (SSSR count). The van der Waals surface area contributed by atoms with Crippen molar-refractivity contribution in [3.05, 3.63) is 181 Å². The maximum atomic E-state index is 14.0. The predicted molar refractivity (Wildman–Crippen MR) is 266 cm³/mol. The molecule has 0 aliphatic heterocycles. The third-order valence-corrected chi connectivity index (χ3v) is 15.8. The van der Waals surface area contributed by atoms with Gasteiger partial charge >= 0.3 is 0 Å². The Morgan fingerprint density at radius 2 is 0.729 bits per heavy atom. The Balaban J connectivity index is 0.836. The summed E-state index contributed by atoms with van der Waals surface area (Å²) < 4.78 is 80.4. The van der Waals surface area contributed by atoms with Gasteiger partial charge in [0.25, 0.3) is 0 Å². The van der Waals surface area contributed by atoms with Crippen LogP contribution in [0.4, 0.5) is 0 Å². The van der Waals surface area contributed by atoms with Crippen molar-refractivity contribution in [2.75, 3.05) is 0 Å². The molecule has 2 aliphatic rings. The molecule has 2 saturated carbocycles. The van der Waals surface area contributed by atoms with Crippen molar-refractivity contribution in [1.82, 2.24) is 0 Å². The molecule has 2 N–H and O–H groups in total. The van der Waals surface area contributed by atoms with Gasteiger partial charge in [0.05, 0.1) is 9.79 Å². The molecular weight excluding hydrogens is 921 g/mol. The second-order valence-electron chi connectivity index (χ2n) is 17.5. The number of aliphatic hydroxyl groups is 2. The second-order valence-corrected chi connectivity index (χ2v) is 21.3. The van der Waals surface area contributed by atoms with E-state index in [1.165, 1.54) is 36.4 Å². The number of hydrogen-bond acceptors (Lipinski definition) is 10. The van der Waals surface area contributed by atoms with Crippen molar-refractivity contribution in [3.8, 4) is 69.7 Å². The first-order chi connectivity index (χ1) is 33.8. The molecule has 12 heteroatoms. The highest BCUT2D eigenvalue weighted by Crippen LogP contribution is 2.37. The molecule has 7 aromatic rings. The van der Waals surface area contributed by atoms with E-state index in [0.717, 1.165) is 38.5 Å². The van der Waals surface area contributed by atoms with Crippen LogP contribution in [0.1, 0.15) is 75.3 Å². The van der Waals surface area contributed by atoms with Crippen molar-refractivity contribution < 1.29 is 46.0 Å². The van der Waals surface area contributed by atoms with Gasteiger partial charge in [-0.05, 0) is 173 Å². The molecule has 70 heavy (non-hydrogen) atoms. The normalized spacial score (nSPS) is 15.2. The summed E-state index contributed by atoms with van der Waals surface area (Å²) in [5, 5.41) is 21.7. The lowest BCUT2D eigenvalue weighted by Crippen LogP contribution is -2.29. The molecule has 0 atom stereocenters. The molecule has 2 fully saturated rings. The van der Waals surface area contributed by atoms with Crippen molar-refractivity contribution >= 4 is 19.7 Å². The maximum Gasteiger partial charge on any atom is 0.210 e. The van der Waals surface area contributed by atoms with Gasteiger partial charge < -0.3 is 29.2 Å². The summed E-state index contributed by atoms with van der Waals surface area (Å²) in [5.74, 6) is 14.9. The minimum Gasteiger partial charge on any atom is -0.457 e. The Labute approximate surface area is 409 Å². The summed E-state index contributed by atoms with van der Waals surface area (Å²) in [7, 11) is -8.06. The third-order valence-electron chi connectivity index (χ3n) is 12.2. The Morgan fingerprint density at radius 1 is 0.371 bits per heavy atom. The van der Waals surface area contributed by atoms with Crippen LogP contribution in [0.2, 0.25) is 0 Å². The summed E-state index contributed by atoms with van der Waals surface area (Å²) in [4.78, 5) is 0.0533. The average Bonchev–Trinajstić information content (AvgIpc) is 3.37. The average molecular weight is 971 g/mol. The molecule has 10 nitrogen and oxygen atoms in total. The fourth-order valence-electron chi connectivity index (χ4n) is 8.44. The smallest absolute Gasteiger partial charge is 0.210 e. The maximum absolute atomic E-state index is 14.0. The van der Waals surface area contributed by atoms with Gasteiger partial charge in [0.1, 0.15) is 67.0 Å². The highest BCUT2D eigenvalue weighted by molar-refractivity contribution is 7.92. The first-order valence-corrected chi connectivity index (χ1v) is 26.2. The van der Waals surface area contributed by atoms with E-state index < -0.39 is 30.9 Å². The zero-order valence-corrected chi connectivity index (χ0v) is 39.8. The van der Waals surface area contributed by atoms with Crippen LogP contribution in [0.15, 0.2) is 189 Å². The van der Waals surface area contributed by atoms with Gasteiger partial charge in [0.15, 0.2) is 0 Å². The van der Waals surface area contributed by atoms with E-state index >= 15 is 0 Å². The molecule has 0 spiro atoms. The number of ether oxygens (including phenoxy) is 4. The van der Waals surface area contributed by atoms with Crippen LogP contribution >= 0.6 is 0 Å². The summed E-state index contributed by atoms with van der Waals surface area (Å²) in [6.45, 7) is 0. The van der Waals surface area contributed by atoms with Gasteiger partial charge in [-0.25, -0.2) is 16.8 Å². The minimum absolute atomic E-state index is 0.0124. The van der Waals surface area contributed by atoms with Crippen LogP contribution in [0, 0.1) is 23.7 Å². The van der Waals surface area contributed by atoms with Crippen molar-refractivity contribution in [2.24, 2.45) is 0 Å². The van der Waals surface area contributed by atoms with Gasteiger partial charge in [-0.15, -0.1) is 0 Å². The molecule has 0 radical (unpaired) electrons. The lowest BCUT2D eigenvalue weighted by atomic mass is 9.85.